The minimum Gasteiger partial charge on any atom is -0.485 e. The Balaban J connectivity index is 1.78. The van der Waals surface area contributed by atoms with E-state index in [-0.39, 0.29) is 6.10 Å². The third kappa shape index (κ3) is 2.58. The van der Waals surface area contributed by atoms with E-state index in [1.165, 1.54) is 5.56 Å². The van der Waals surface area contributed by atoms with Gasteiger partial charge in [-0.3, -0.25) is 4.79 Å². The maximum absolute atomic E-state index is 10.7. The fourth-order valence-corrected chi connectivity index (χ4v) is 2.25. The van der Waals surface area contributed by atoms with Crippen LogP contribution in [0.5, 0.6) is 5.75 Å². The molecule has 94 valence electrons. The average molecular weight is 250 g/mol. The molecule has 0 saturated heterocycles. The summed E-state index contributed by atoms with van der Waals surface area (Å²) in [5.74, 6) is 0.842. The fourth-order valence-electron chi connectivity index (χ4n) is 2.25. The number of carbonyl (C=O) groups is 1. The van der Waals surface area contributed by atoms with Gasteiger partial charge in [0.05, 0.1) is 0 Å². The van der Waals surface area contributed by atoms with Crippen molar-refractivity contribution in [2.75, 3.05) is 0 Å². The maximum atomic E-state index is 10.7. The molecule has 0 amide bonds. The highest BCUT2D eigenvalue weighted by molar-refractivity contribution is 5.78. The summed E-state index contributed by atoms with van der Waals surface area (Å²) in [5.41, 5.74) is 2.90. The zero-order valence-corrected chi connectivity index (χ0v) is 10.5. The molecule has 0 spiro atoms. The highest BCUT2D eigenvalue weighted by atomic mass is 16.5. The Hall–Kier alpha value is -2.35. The monoisotopic (exact) mass is 250 g/mol. The van der Waals surface area contributed by atoms with Crippen molar-refractivity contribution in [3.05, 3.63) is 71.3 Å². The number of rotatable bonds is 3. The molecular formula is C17H14O2. The minimum atomic E-state index is 0.0528. The molecule has 0 unspecified atom stereocenters. The Labute approximate surface area is 112 Å². The summed E-state index contributed by atoms with van der Waals surface area (Å²) in [4.78, 5) is 10.7. The van der Waals surface area contributed by atoms with E-state index in [4.69, 9.17) is 4.74 Å². The second-order valence-electron chi connectivity index (χ2n) is 4.62. The highest BCUT2D eigenvalue weighted by Crippen LogP contribution is 2.27. The molecule has 3 rings (SSSR count). The molecule has 2 aromatic carbocycles. The van der Waals surface area contributed by atoms with Gasteiger partial charge in [-0.1, -0.05) is 36.4 Å². The van der Waals surface area contributed by atoms with Gasteiger partial charge < -0.3 is 4.74 Å². The minimum absolute atomic E-state index is 0.0528. The van der Waals surface area contributed by atoms with Gasteiger partial charge in [0.2, 0.25) is 0 Å². The molecule has 1 heterocycles. The van der Waals surface area contributed by atoms with Gasteiger partial charge in [0.25, 0.3) is 0 Å². The van der Waals surface area contributed by atoms with Crippen molar-refractivity contribution in [1.82, 2.24) is 0 Å². The zero-order chi connectivity index (χ0) is 13.1. The van der Waals surface area contributed by atoms with Gasteiger partial charge in [0.1, 0.15) is 18.1 Å². The van der Waals surface area contributed by atoms with E-state index >= 15 is 0 Å². The van der Waals surface area contributed by atoms with E-state index in [2.05, 4.69) is 12.1 Å². The molecule has 0 aromatic heterocycles. The summed E-state index contributed by atoms with van der Waals surface area (Å²) >= 11 is 0. The van der Waals surface area contributed by atoms with Crippen LogP contribution in [-0.2, 0) is 6.42 Å². The van der Waals surface area contributed by atoms with E-state index in [0.29, 0.717) is 5.56 Å². The largest absolute Gasteiger partial charge is 0.485 e. The molecule has 0 aliphatic carbocycles. The SMILES string of the molecule is O=Cc1ccc2c(c1)C=C[C@@H](Cc1ccccc1)O2. The van der Waals surface area contributed by atoms with Crippen LogP contribution in [-0.4, -0.2) is 12.4 Å². The van der Waals surface area contributed by atoms with Crippen LogP contribution >= 0.6 is 0 Å². The van der Waals surface area contributed by atoms with Crippen molar-refractivity contribution < 1.29 is 9.53 Å². The normalized spacial score (nSPS) is 16.5. The Morgan fingerprint density at radius 1 is 1.11 bits per heavy atom. The molecule has 0 fully saturated rings. The van der Waals surface area contributed by atoms with Gasteiger partial charge in [-0.25, -0.2) is 0 Å². The van der Waals surface area contributed by atoms with Gasteiger partial charge >= 0.3 is 0 Å². The Morgan fingerprint density at radius 2 is 1.95 bits per heavy atom. The number of carbonyl (C=O) groups excluding carboxylic acids is 1. The van der Waals surface area contributed by atoms with Crippen molar-refractivity contribution >= 4 is 12.4 Å². The summed E-state index contributed by atoms with van der Waals surface area (Å²) in [5, 5.41) is 0. The van der Waals surface area contributed by atoms with Crippen LogP contribution in [0.2, 0.25) is 0 Å². The quantitative estimate of drug-likeness (QED) is 0.779. The van der Waals surface area contributed by atoms with Crippen LogP contribution in [0.3, 0.4) is 0 Å². The van der Waals surface area contributed by atoms with Crippen molar-refractivity contribution in [3.63, 3.8) is 0 Å². The molecule has 0 N–H and O–H groups in total. The van der Waals surface area contributed by atoms with E-state index in [9.17, 15) is 4.79 Å². The van der Waals surface area contributed by atoms with E-state index in [1.54, 1.807) is 6.07 Å². The topological polar surface area (TPSA) is 26.3 Å². The first kappa shape index (κ1) is 11.7. The lowest BCUT2D eigenvalue weighted by molar-refractivity contribution is 0.112. The summed E-state index contributed by atoms with van der Waals surface area (Å²) < 4.78 is 5.93. The molecule has 2 nitrogen and oxygen atoms in total. The smallest absolute Gasteiger partial charge is 0.150 e. The molecule has 0 saturated carbocycles. The van der Waals surface area contributed by atoms with Gasteiger partial charge in [0.15, 0.2) is 0 Å². The van der Waals surface area contributed by atoms with E-state index in [0.717, 1.165) is 24.0 Å². The van der Waals surface area contributed by atoms with Gasteiger partial charge in [-0.15, -0.1) is 0 Å². The molecule has 0 bridgehead atoms. The van der Waals surface area contributed by atoms with Crippen LogP contribution < -0.4 is 4.74 Å². The molecule has 1 aliphatic rings. The van der Waals surface area contributed by atoms with Gasteiger partial charge in [-0.05, 0) is 29.8 Å². The molecule has 0 radical (unpaired) electrons. The van der Waals surface area contributed by atoms with Crippen LogP contribution in [0.25, 0.3) is 6.08 Å². The van der Waals surface area contributed by atoms with E-state index < -0.39 is 0 Å². The van der Waals surface area contributed by atoms with Crippen molar-refractivity contribution in [2.24, 2.45) is 0 Å². The summed E-state index contributed by atoms with van der Waals surface area (Å²) in [6.07, 6.45) is 5.83. The molecule has 1 aliphatic heterocycles. The number of hydrogen-bond acceptors (Lipinski definition) is 2. The Morgan fingerprint density at radius 3 is 2.74 bits per heavy atom. The number of hydrogen-bond donors (Lipinski definition) is 0. The lowest BCUT2D eigenvalue weighted by Crippen LogP contribution is -2.19. The third-order valence-electron chi connectivity index (χ3n) is 3.22. The molecule has 19 heavy (non-hydrogen) atoms. The summed E-state index contributed by atoms with van der Waals surface area (Å²) in [7, 11) is 0. The highest BCUT2D eigenvalue weighted by Gasteiger charge is 2.15. The van der Waals surface area contributed by atoms with Crippen LogP contribution in [0.1, 0.15) is 21.5 Å². The predicted molar refractivity (Wildman–Crippen MR) is 75.4 cm³/mol. The number of fused-ring (bicyclic) bond motifs is 1. The van der Waals surface area contributed by atoms with Crippen LogP contribution in [0, 0.1) is 0 Å². The second-order valence-corrected chi connectivity index (χ2v) is 4.62. The number of ether oxygens (including phenoxy) is 1. The maximum Gasteiger partial charge on any atom is 0.150 e. The Kier molecular flexibility index (Phi) is 3.15. The van der Waals surface area contributed by atoms with Crippen molar-refractivity contribution in [3.8, 4) is 5.75 Å². The van der Waals surface area contributed by atoms with Crippen molar-refractivity contribution in [1.29, 1.82) is 0 Å². The molecule has 2 aromatic rings. The fraction of sp³-hybridized carbons (Fsp3) is 0.118. The summed E-state index contributed by atoms with van der Waals surface area (Å²) in [6.45, 7) is 0. The average Bonchev–Trinajstić information content (AvgIpc) is 2.48. The van der Waals surface area contributed by atoms with E-state index in [1.807, 2.05) is 42.5 Å². The lowest BCUT2D eigenvalue weighted by atomic mass is 10.0. The second kappa shape index (κ2) is 5.11. The zero-order valence-electron chi connectivity index (χ0n) is 10.5. The lowest BCUT2D eigenvalue weighted by Gasteiger charge is -2.21. The summed E-state index contributed by atoms with van der Waals surface area (Å²) in [6, 6.07) is 15.8. The number of benzene rings is 2. The number of aldehydes is 1. The van der Waals surface area contributed by atoms with Crippen molar-refractivity contribution in [2.45, 2.75) is 12.5 Å². The first-order chi connectivity index (χ1) is 9.35. The van der Waals surface area contributed by atoms with Gasteiger partial charge in [0, 0.05) is 17.5 Å². The van der Waals surface area contributed by atoms with Gasteiger partial charge in [-0.2, -0.15) is 0 Å². The molecular weight excluding hydrogens is 236 g/mol. The predicted octanol–water partition coefficient (Wildman–Crippen LogP) is 3.52. The molecule has 1 atom stereocenters. The standard InChI is InChI=1S/C17H14O2/c18-12-14-6-9-17-15(10-14)7-8-16(19-17)11-13-4-2-1-3-5-13/h1-10,12,16H,11H2/t16-/m0/s1. The Bertz CT molecular complexity index is 614. The van der Waals surface area contributed by atoms with Crippen LogP contribution in [0.15, 0.2) is 54.6 Å². The van der Waals surface area contributed by atoms with Crippen LogP contribution in [0.4, 0.5) is 0 Å². The third-order valence-corrected chi connectivity index (χ3v) is 3.22. The first-order valence-corrected chi connectivity index (χ1v) is 6.33. The molecule has 2 heteroatoms. The first-order valence-electron chi connectivity index (χ1n) is 6.33.